The second-order valence-electron chi connectivity index (χ2n) is 3.57. The second kappa shape index (κ2) is 5.18. The minimum atomic E-state index is 0.758. The first-order valence-corrected chi connectivity index (χ1v) is 5.06. The van der Waals surface area contributed by atoms with Gasteiger partial charge in [0.2, 0.25) is 0 Å². The molecule has 0 aliphatic heterocycles. The van der Waals surface area contributed by atoms with Crippen LogP contribution in [0.15, 0.2) is 4.99 Å². The summed E-state index contributed by atoms with van der Waals surface area (Å²) in [6.07, 6.45) is 8.92. The van der Waals surface area contributed by atoms with Gasteiger partial charge in [-0.2, -0.15) is 0 Å². The highest BCUT2D eigenvalue weighted by molar-refractivity contribution is 5.54. The monoisotopic (exact) mass is 168 g/mol. The van der Waals surface area contributed by atoms with E-state index in [2.05, 4.69) is 23.9 Å². The minimum absolute atomic E-state index is 0.758. The second-order valence-corrected chi connectivity index (χ2v) is 3.57. The van der Waals surface area contributed by atoms with Crippen LogP contribution < -0.4 is 0 Å². The standard InChI is InChI=1S/C10H20N2/c1-3-11-9-12(2)10-7-5-4-6-8-10/h9-10H,3-8H2,1-2H3/b11-9-. The summed E-state index contributed by atoms with van der Waals surface area (Å²) in [4.78, 5) is 6.53. The number of aliphatic imine (C=N–C) groups is 1. The van der Waals surface area contributed by atoms with E-state index in [1.54, 1.807) is 0 Å². The lowest BCUT2D eigenvalue weighted by atomic mass is 9.95. The van der Waals surface area contributed by atoms with E-state index in [4.69, 9.17) is 0 Å². The molecule has 0 bridgehead atoms. The van der Waals surface area contributed by atoms with Crippen molar-refractivity contribution < 1.29 is 0 Å². The van der Waals surface area contributed by atoms with Crippen molar-refractivity contribution in [3.63, 3.8) is 0 Å². The molecule has 12 heavy (non-hydrogen) atoms. The van der Waals surface area contributed by atoms with Gasteiger partial charge in [0.1, 0.15) is 0 Å². The van der Waals surface area contributed by atoms with Crippen molar-refractivity contribution in [1.82, 2.24) is 4.90 Å². The molecule has 1 rings (SSSR count). The lowest BCUT2D eigenvalue weighted by Crippen LogP contribution is -2.32. The molecule has 2 heteroatoms. The molecular weight excluding hydrogens is 148 g/mol. The molecule has 1 fully saturated rings. The Morgan fingerprint density at radius 1 is 1.33 bits per heavy atom. The quantitative estimate of drug-likeness (QED) is 0.466. The average Bonchev–Trinajstić information content (AvgIpc) is 2.15. The fraction of sp³-hybridized carbons (Fsp3) is 0.900. The molecule has 0 spiro atoms. The molecule has 0 heterocycles. The molecule has 0 aromatic rings. The van der Waals surface area contributed by atoms with Crippen LogP contribution >= 0.6 is 0 Å². The predicted molar refractivity (Wildman–Crippen MR) is 53.7 cm³/mol. The van der Waals surface area contributed by atoms with Crippen LogP contribution in [0.1, 0.15) is 39.0 Å². The maximum Gasteiger partial charge on any atom is 0.0849 e. The van der Waals surface area contributed by atoms with Crippen LogP contribution in [-0.2, 0) is 0 Å². The minimum Gasteiger partial charge on any atom is -0.363 e. The topological polar surface area (TPSA) is 15.6 Å². The van der Waals surface area contributed by atoms with Gasteiger partial charge in [0.15, 0.2) is 0 Å². The Morgan fingerprint density at radius 2 is 2.00 bits per heavy atom. The molecule has 0 unspecified atom stereocenters. The summed E-state index contributed by atoms with van der Waals surface area (Å²) in [6, 6.07) is 0.758. The van der Waals surface area contributed by atoms with E-state index in [1.807, 2.05) is 6.34 Å². The number of rotatable bonds is 3. The third kappa shape index (κ3) is 2.84. The summed E-state index contributed by atoms with van der Waals surface area (Å²) < 4.78 is 0. The van der Waals surface area contributed by atoms with Crippen LogP contribution in [0.5, 0.6) is 0 Å². The maximum absolute atomic E-state index is 4.25. The van der Waals surface area contributed by atoms with E-state index in [0.717, 1.165) is 12.6 Å². The first kappa shape index (κ1) is 9.56. The molecule has 2 nitrogen and oxygen atoms in total. The first-order valence-electron chi connectivity index (χ1n) is 5.06. The van der Waals surface area contributed by atoms with Crippen molar-refractivity contribution in [1.29, 1.82) is 0 Å². The fourth-order valence-corrected chi connectivity index (χ4v) is 1.79. The Hall–Kier alpha value is -0.530. The van der Waals surface area contributed by atoms with Crippen molar-refractivity contribution in [3.05, 3.63) is 0 Å². The van der Waals surface area contributed by atoms with Crippen LogP contribution in [0.2, 0.25) is 0 Å². The van der Waals surface area contributed by atoms with Crippen molar-refractivity contribution in [3.8, 4) is 0 Å². The Labute approximate surface area is 75.7 Å². The van der Waals surface area contributed by atoms with E-state index < -0.39 is 0 Å². The van der Waals surface area contributed by atoms with Crippen molar-refractivity contribution in [2.75, 3.05) is 13.6 Å². The largest absolute Gasteiger partial charge is 0.363 e. The van der Waals surface area contributed by atoms with Gasteiger partial charge in [0.05, 0.1) is 6.34 Å². The summed E-state index contributed by atoms with van der Waals surface area (Å²) in [7, 11) is 2.15. The smallest absolute Gasteiger partial charge is 0.0849 e. The van der Waals surface area contributed by atoms with Gasteiger partial charge in [-0.05, 0) is 19.8 Å². The van der Waals surface area contributed by atoms with E-state index in [1.165, 1.54) is 32.1 Å². The normalized spacial score (nSPS) is 20.2. The summed E-state index contributed by atoms with van der Waals surface area (Å²) >= 11 is 0. The maximum atomic E-state index is 4.25. The highest BCUT2D eigenvalue weighted by Gasteiger charge is 2.15. The molecule has 1 aliphatic rings. The van der Waals surface area contributed by atoms with Crippen LogP contribution in [0.3, 0.4) is 0 Å². The molecule has 0 radical (unpaired) electrons. The SMILES string of the molecule is CC/N=C\N(C)C1CCCCC1. The van der Waals surface area contributed by atoms with Gasteiger partial charge >= 0.3 is 0 Å². The van der Waals surface area contributed by atoms with Gasteiger partial charge in [-0.15, -0.1) is 0 Å². The van der Waals surface area contributed by atoms with Crippen LogP contribution in [0.4, 0.5) is 0 Å². The predicted octanol–water partition coefficient (Wildman–Crippen LogP) is 2.30. The molecule has 0 saturated heterocycles. The van der Waals surface area contributed by atoms with E-state index in [0.29, 0.717) is 0 Å². The van der Waals surface area contributed by atoms with Crippen molar-refractivity contribution in [2.45, 2.75) is 45.1 Å². The van der Waals surface area contributed by atoms with E-state index in [-0.39, 0.29) is 0 Å². The Bertz CT molecular complexity index is 137. The zero-order valence-electron chi connectivity index (χ0n) is 8.29. The van der Waals surface area contributed by atoms with Gasteiger partial charge in [-0.1, -0.05) is 19.3 Å². The fourth-order valence-electron chi connectivity index (χ4n) is 1.79. The molecule has 1 aliphatic carbocycles. The highest BCUT2D eigenvalue weighted by Crippen LogP contribution is 2.20. The number of hydrogen-bond acceptors (Lipinski definition) is 1. The molecule has 0 amide bonds. The average molecular weight is 168 g/mol. The molecule has 0 aromatic carbocycles. The van der Waals surface area contributed by atoms with Crippen molar-refractivity contribution in [2.24, 2.45) is 4.99 Å². The van der Waals surface area contributed by atoms with Crippen LogP contribution in [-0.4, -0.2) is 30.9 Å². The Kier molecular flexibility index (Phi) is 4.12. The van der Waals surface area contributed by atoms with E-state index >= 15 is 0 Å². The number of hydrogen-bond donors (Lipinski definition) is 0. The third-order valence-electron chi connectivity index (χ3n) is 2.60. The van der Waals surface area contributed by atoms with Gasteiger partial charge in [0, 0.05) is 19.6 Å². The third-order valence-corrected chi connectivity index (χ3v) is 2.60. The molecular formula is C10H20N2. The van der Waals surface area contributed by atoms with Gasteiger partial charge in [0.25, 0.3) is 0 Å². The lowest BCUT2D eigenvalue weighted by molar-refractivity contribution is 0.284. The van der Waals surface area contributed by atoms with E-state index in [9.17, 15) is 0 Å². The van der Waals surface area contributed by atoms with Gasteiger partial charge < -0.3 is 4.90 Å². The zero-order valence-corrected chi connectivity index (χ0v) is 8.29. The molecule has 0 aromatic heterocycles. The van der Waals surface area contributed by atoms with Gasteiger partial charge in [-0.3, -0.25) is 4.99 Å². The van der Waals surface area contributed by atoms with Gasteiger partial charge in [-0.25, -0.2) is 0 Å². The molecule has 1 saturated carbocycles. The zero-order chi connectivity index (χ0) is 8.81. The first-order chi connectivity index (χ1) is 5.84. The summed E-state index contributed by atoms with van der Waals surface area (Å²) in [5.41, 5.74) is 0. The Balaban J connectivity index is 2.29. The molecule has 0 N–H and O–H groups in total. The van der Waals surface area contributed by atoms with Crippen LogP contribution in [0, 0.1) is 0 Å². The lowest BCUT2D eigenvalue weighted by Gasteiger charge is -2.29. The van der Waals surface area contributed by atoms with Crippen molar-refractivity contribution >= 4 is 6.34 Å². The molecule has 0 atom stereocenters. The highest BCUT2D eigenvalue weighted by atomic mass is 15.1. The summed E-state index contributed by atoms with van der Waals surface area (Å²) in [6.45, 7) is 2.97. The van der Waals surface area contributed by atoms with Crippen LogP contribution in [0.25, 0.3) is 0 Å². The number of nitrogens with zero attached hydrogens (tertiary/aromatic N) is 2. The summed E-state index contributed by atoms with van der Waals surface area (Å²) in [5.74, 6) is 0. The summed E-state index contributed by atoms with van der Waals surface area (Å²) in [5, 5.41) is 0. The Morgan fingerprint density at radius 3 is 2.58 bits per heavy atom. The molecule has 70 valence electrons.